The number of sulfone groups is 1. The molecule has 2 aromatic heterocycles. The molecule has 0 spiro atoms. The van der Waals surface area contributed by atoms with Gasteiger partial charge in [-0.2, -0.15) is 9.97 Å². The average Bonchev–Trinajstić information content (AvgIpc) is 2.64. The number of fused-ring (bicyclic) bond motifs is 1. The number of aromatic nitrogens is 3. The molecule has 0 aliphatic heterocycles. The molecule has 0 atom stereocenters. The summed E-state index contributed by atoms with van der Waals surface area (Å²) in [5.74, 6) is -0.0509. The van der Waals surface area contributed by atoms with Crippen molar-refractivity contribution in [2.24, 2.45) is 7.05 Å². The third kappa shape index (κ3) is 1.92. The Morgan fingerprint density at radius 2 is 2.11 bits per heavy atom. The Hall–Kier alpha value is -1.71. The zero-order valence-electron chi connectivity index (χ0n) is 9.75. The first kappa shape index (κ1) is 12.7. The molecule has 0 unspecified atom stereocenters. The van der Waals surface area contributed by atoms with Gasteiger partial charge >= 0.3 is 0 Å². The lowest BCUT2D eigenvalue weighted by molar-refractivity contribution is 0.283. The van der Waals surface area contributed by atoms with Gasteiger partial charge in [0.25, 0.3) is 5.16 Å². The van der Waals surface area contributed by atoms with E-state index in [4.69, 9.17) is 5.21 Å². The fourth-order valence-electron chi connectivity index (χ4n) is 1.71. The predicted octanol–water partition coefficient (Wildman–Crippen LogP) is -0.335. The van der Waals surface area contributed by atoms with Crippen molar-refractivity contribution in [2.45, 2.75) is 11.8 Å². The number of nitrogens with zero attached hydrogens (tertiary/aromatic N) is 3. The van der Waals surface area contributed by atoms with Gasteiger partial charge in [0.05, 0.1) is 12.0 Å². The van der Waals surface area contributed by atoms with Crippen LogP contribution >= 0.6 is 0 Å². The number of hydrogen-bond acceptors (Lipinski definition) is 7. The van der Waals surface area contributed by atoms with Gasteiger partial charge in [0, 0.05) is 25.1 Å². The minimum absolute atomic E-state index is 0.0509. The van der Waals surface area contributed by atoms with Crippen LogP contribution in [0.3, 0.4) is 0 Å². The minimum Gasteiger partial charge on any atom is -0.392 e. The number of nitrogens with one attached hydrogen (secondary N) is 1. The molecular weight excluding hydrogens is 260 g/mol. The van der Waals surface area contributed by atoms with E-state index in [9.17, 15) is 13.5 Å². The van der Waals surface area contributed by atoms with Crippen LogP contribution in [0, 0.1) is 0 Å². The van der Waals surface area contributed by atoms with E-state index in [1.807, 2.05) is 5.48 Å². The van der Waals surface area contributed by atoms with Crippen molar-refractivity contribution in [3.63, 3.8) is 0 Å². The summed E-state index contributed by atoms with van der Waals surface area (Å²) in [5.41, 5.74) is 2.63. The summed E-state index contributed by atoms with van der Waals surface area (Å²) in [6.45, 7) is -0.270. The first-order valence-electron chi connectivity index (χ1n) is 4.95. The number of hydrogen-bond donors (Lipinski definition) is 3. The second kappa shape index (κ2) is 4.19. The molecular formula is C9H12N4O4S. The van der Waals surface area contributed by atoms with Gasteiger partial charge in [-0.3, -0.25) is 10.7 Å². The molecule has 3 N–H and O–H groups in total. The molecule has 0 amide bonds. The van der Waals surface area contributed by atoms with E-state index < -0.39 is 15.0 Å². The standard InChI is InChI=1S/C9H12N4O4S/c1-13-3-5(4-14)6-7(12-15)10-9(11-8(6)13)18(2,16)17/h3,14-15H,4H2,1-2H3,(H,10,11,12). The second-order valence-electron chi connectivity index (χ2n) is 3.86. The summed E-state index contributed by atoms with van der Waals surface area (Å²) < 4.78 is 24.4. The zero-order chi connectivity index (χ0) is 13.5. The van der Waals surface area contributed by atoms with Crippen molar-refractivity contribution in [1.29, 1.82) is 0 Å². The molecule has 8 nitrogen and oxygen atoms in total. The Labute approximate surface area is 103 Å². The topological polar surface area (TPSA) is 117 Å². The molecule has 9 heteroatoms. The highest BCUT2D eigenvalue weighted by molar-refractivity contribution is 7.90. The van der Waals surface area contributed by atoms with E-state index in [-0.39, 0.29) is 12.4 Å². The summed E-state index contributed by atoms with van der Waals surface area (Å²) in [7, 11) is -1.94. The summed E-state index contributed by atoms with van der Waals surface area (Å²) in [6.07, 6.45) is 2.57. The monoisotopic (exact) mass is 272 g/mol. The van der Waals surface area contributed by atoms with Crippen molar-refractivity contribution < 1.29 is 18.7 Å². The number of aryl methyl sites for hydroxylation is 1. The first-order valence-corrected chi connectivity index (χ1v) is 6.84. The molecule has 2 aromatic rings. The van der Waals surface area contributed by atoms with Crippen LogP contribution in [0.1, 0.15) is 5.56 Å². The van der Waals surface area contributed by atoms with E-state index in [0.29, 0.717) is 16.6 Å². The normalized spacial score (nSPS) is 12.0. The lowest BCUT2D eigenvalue weighted by atomic mass is 10.2. The average molecular weight is 272 g/mol. The quantitative estimate of drug-likeness (QED) is 0.517. The predicted molar refractivity (Wildman–Crippen MR) is 63.0 cm³/mol. The molecule has 98 valence electrons. The Kier molecular flexibility index (Phi) is 2.97. The third-order valence-corrected chi connectivity index (χ3v) is 3.33. The molecule has 0 radical (unpaired) electrons. The van der Waals surface area contributed by atoms with Crippen LogP contribution in [-0.4, -0.2) is 39.5 Å². The molecule has 2 heterocycles. The fourth-order valence-corrected chi connectivity index (χ4v) is 2.22. The molecule has 2 rings (SSSR count). The van der Waals surface area contributed by atoms with Crippen molar-refractivity contribution in [2.75, 3.05) is 11.7 Å². The summed E-state index contributed by atoms with van der Waals surface area (Å²) in [6, 6.07) is 0. The lowest BCUT2D eigenvalue weighted by Crippen LogP contribution is -2.08. The van der Waals surface area contributed by atoms with E-state index in [1.165, 1.54) is 0 Å². The first-order chi connectivity index (χ1) is 8.38. The van der Waals surface area contributed by atoms with Gasteiger partial charge in [-0.05, 0) is 0 Å². The lowest BCUT2D eigenvalue weighted by Gasteiger charge is -2.05. The molecule has 18 heavy (non-hydrogen) atoms. The molecule has 0 aliphatic rings. The largest absolute Gasteiger partial charge is 0.392 e. The second-order valence-corrected chi connectivity index (χ2v) is 5.77. The van der Waals surface area contributed by atoms with Gasteiger partial charge in [0.2, 0.25) is 9.84 Å². The van der Waals surface area contributed by atoms with Gasteiger partial charge < -0.3 is 9.67 Å². The summed E-state index contributed by atoms with van der Waals surface area (Å²) >= 11 is 0. The SMILES string of the molecule is Cn1cc(CO)c2c(NO)nc(S(C)(=O)=O)nc21. The molecule has 0 saturated carbocycles. The van der Waals surface area contributed by atoms with Crippen LogP contribution in [0.25, 0.3) is 11.0 Å². The van der Waals surface area contributed by atoms with Crippen LogP contribution in [-0.2, 0) is 23.5 Å². The van der Waals surface area contributed by atoms with Crippen LogP contribution in [0.5, 0.6) is 0 Å². The van der Waals surface area contributed by atoms with Crippen LogP contribution in [0.15, 0.2) is 11.4 Å². The van der Waals surface area contributed by atoms with Gasteiger partial charge in [0.15, 0.2) is 5.82 Å². The van der Waals surface area contributed by atoms with E-state index in [1.54, 1.807) is 17.8 Å². The van der Waals surface area contributed by atoms with E-state index >= 15 is 0 Å². The molecule has 0 aromatic carbocycles. The smallest absolute Gasteiger partial charge is 0.250 e. The van der Waals surface area contributed by atoms with E-state index in [2.05, 4.69) is 9.97 Å². The molecule has 0 bridgehead atoms. The van der Waals surface area contributed by atoms with Gasteiger partial charge in [-0.1, -0.05) is 0 Å². The highest BCUT2D eigenvalue weighted by Gasteiger charge is 2.19. The van der Waals surface area contributed by atoms with Gasteiger partial charge in [-0.25, -0.2) is 8.42 Å². The Balaban J connectivity index is 2.90. The van der Waals surface area contributed by atoms with Crippen LogP contribution in [0.4, 0.5) is 5.82 Å². The third-order valence-electron chi connectivity index (χ3n) is 2.48. The van der Waals surface area contributed by atoms with E-state index in [0.717, 1.165) is 6.26 Å². The Bertz CT molecular complexity index is 707. The van der Waals surface area contributed by atoms with Crippen LogP contribution in [0.2, 0.25) is 0 Å². The zero-order valence-corrected chi connectivity index (χ0v) is 10.6. The maximum atomic E-state index is 11.4. The van der Waals surface area contributed by atoms with Crippen LogP contribution < -0.4 is 5.48 Å². The minimum atomic E-state index is -3.59. The van der Waals surface area contributed by atoms with Gasteiger partial charge in [0.1, 0.15) is 5.65 Å². The maximum Gasteiger partial charge on any atom is 0.250 e. The Morgan fingerprint density at radius 3 is 2.61 bits per heavy atom. The number of aliphatic hydroxyl groups excluding tert-OH is 1. The van der Waals surface area contributed by atoms with Gasteiger partial charge in [-0.15, -0.1) is 0 Å². The fraction of sp³-hybridized carbons (Fsp3) is 0.333. The van der Waals surface area contributed by atoms with Crippen molar-refractivity contribution >= 4 is 26.7 Å². The summed E-state index contributed by atoms with van der Waals surface area (Å²) in [5, 5.41) is 18.2. The Morgan fingerprint density at radius 1 is 1.44 bits per heavy atom. The molecule has 0 fully saturated rings. The number of anilines is 1. The molecule has 0 aliphatic carbocycles. The molecule has 0 saturated heterocycles. The maximum absolute atomic E-state index is 11.4. The highest BCUT2D eigenvalue weighted by Crippen LogP contribution is 2.26. The number of rotatable bonds is 3. The highest BCUT2D eigenvalue weighted by atomic mass is 32.2. The van der Waals surface area contributed by atoms with Crippen molar-refractivity contribution in [3.8, 4) is 0 Å². The van der Waals surface area contributed by atoms with Crippen molar-refractivity contribution in [3.05, 3.63) is 11.8 Å². The summed E-state index contributed by atoms with van der Waals surface area (Å²) in [4.78, 5) is 7.65. The van der Waals surface area contributed by atoms with Crippen molar-refractivity contribution in [1.82, 2.24) is 14.5 Å². The number of aliphatic hydroxyl groups is 1.